The van der Waals surface area contributed by atoms with Crippen molar-refractivity contribution in [2.75, 3.05) is 5.75 Å². The maximum Gasteiger partial charge on any atom is 0.254 e. The van der Waals surface area contributed by atoms with Gasteiger partial charge in [0.2, 0.25) is 5.91 Å². The minimum Gasteiger partial charge on any atom is -0.352 e. The molecular formula is C16H18N4O2S. The predicted octanol–water partition coefficient (Wildman–Crippen LogP) is 1.55. The zero-order chi connectivity index (χ0) is 16.2. The highest BCUT2D eigenvalue weighted by Gasteiger charge is 2.27. The van der Waals surface area contributed by atoms with E-state index in [1.807, 2.05) is 19.1 Å². The van der Waals surface area contributed by atoms with Crippen LogP contribution in [0.2, 0.25) is 0 Å². The fraction of sp³-hybridized carbons (Fsp3) is 0.375. The van der Waals surface area contributed by atoms with Gasteiger partial charge in [0.05, 0.1) is 6.04 Å². The fourth-order valence-electron chi connectivity index (χ4n) is 2.52. The molecule has 1 N–H and O–H groups in total. The second-order valence-electron chi connectivity index (χ2n) is 5.40. The van der Waals surface area contributed by atoms with Gasteiger partial charge in [0.25, 0.3) is 5.56 Å². The molecule has 0 saturated heterocycles. The Morgan fingerprint density at radius 1 is 1.52 bits per heavy atom. The van der Waals surface area contributed by atoms with E-state index in [0.717, 1.165) is 22.8 Å². The Labute approximate surface area is 138 Å². The van der Waals surface area contributed by atoms with Crippen molar-refractivity contribution >= 4 is 17.7 Å². The summed E-state index contributed by atoms with van der Waals surface area (Å²) in [6.45, 7) is 2.42. The average Bonchev–Trinajstić information content (AvgIpc) is 2.97. The number of nitrogens with zero attached hydrogens (tertiary/aromatic N) is 3. The summed E-state index contributed by atoms with van der Waals surface area (Å²) >= 11 is 1.54. The van der Waals surface area contributed by atoms with Crippen LogP contribution in [0.1, 0.15) is 30.6 Å². The Morgan fingerprint density at radius 2 is 2.39 bits per heavy atom. The molecule has 1 aliphatic heterocycles. The third-order valence-corrected chi connectivity index (χ3v) is 4.84. The van der Waals surface area contributed by atoms with Crippen LogP contribution in [-0.4, -0.2) is 26.2 Å². The third-order valence-electron chi connectivity index (χ3n) is 3.74. The van der Waals surface area contributed by atoms with E-state index in [4.69, 9.17) is 0 Å². The summed E-state index contributed by atoms with van der Waals surface area (Å²) in [5, 5.41) is 3.60. The lowest BCUT2D eigenvalue weighted by atomic mass is 10.2. The van der Waals surface area contributed by atoms with Gasteiger partial charge < -0.3 is 5.32 Å². The van der Waals surface area contributed by atoms with E-state index in [-0.39, 0.29) is 23.9 Å². The van der Waals surface area contributed by atoms with Gasteiger partial charge in [0.15, 0.2) is 5.16 Å². The van der Waals surface area contributed by atoms with Crippen molar-refractivity contribution in [3.63, 3.8) is 0 Å². The zero-order valence-electron chi connectivity index (χ0n) is 12.9. The molecule has 23 heavy (non-hydrogen) atoms. The number of pyridine rings is 1. The van der Waals surface area contributed by atoms with Crippen LogP contribution in [0.5, 0.6) is 0 Å². The van der Waals surface area contributed by atoms with Gasteiger partial charge in [0, 0.05) is 42.9 Å². The van der Waals surface area contributed by atoms with Gasteiger partial charge in [-0.25, -0.2) is 4.98 Å². The van der Waals surface area contributed by atoms with Gasteiger partial charge in [-0.3, -0.25) is 19.1 Å². The van der Waals surface area contributed by atoms with Crippen molar-refractivity contribution < 1.29 is 4.79 Å². The molecule has 0 aromatic carbocycles. The summed E-state index contributed by atoms with van der Waals surface area (Å²) in [6.07, 6.45) is 4.44. The van der Waals surface area contributed by atoms with Gasteiger partial charge in [-0.05, 0) is 18.1 Å². The van der Waals surface area contributed by atoms with Crippen LogP contribution in [0, 0.1) is 0 Å². The monoisotopic (exact) mass is 330 g/mol. The molecule has 0 radical (unpaired) electrons. The standard InChI is InChI=1S/C16H18N4O2S/c1-2-12-6-15(22)20-13(10-23-16(20)19-12)7-14(21)18-9-11-4-3-5-17-8-11/h3-6,8,13H,2,7,9-10H2,1H3,(H,18,21). The zero-order valence-corrected chi connectivity index (χ0v) is 13.7. The summed E-state index contributed by atoms with van der Waals surface area (Å²) in [5.41, 5.74) is 1.69. The summed E-state index contributed by atoms with van der Waals surface area (Å²) in [6, 6.07) is 5.18. The number of fused-ring (bicyclic) bond motifs is 1. The first-order valence-corrected chi connectivity index (χ1v) is 8.56. The van der Waals surface area contributed by atoms with Crippen LogP contribution in [0.4, 0.5) is 0 Å². The summed E-state index contributed by atoms with van der Waals surface area (Å²) in [4.78, 5) is 32.9. The van der Waals surface area contributed by atoms with Crippen LogP contribution in [0.25, 0.3) is 0 Å². The number of rotatable bonds is 5. The predicted molar refractivity (Wildman–Crippen MR) is 88.3 cm³/mol. The topological polar surface area (TPSA) is 76.9 Å². The summed E-state index contributed by atoms with van der Waals surface area (Å²) in [5.74, 6) is 0.634. The van der Waals surface area contributed by atoms with Crippen molar-refractivity contribution in [2.45, 2.75) is 37.5 Å². The average molecular weight is 330 g/mol. The molecule has 2 aromatic rings. The number of amides is 1. The first-order chi connectivity index (χ1) is 11.2. The third kappa shape index (κ3) is 3.61. The highest BCUT2D eigenvalue weighted by molar-refractivity contribution is 7.99. The maximum atomic E-state index is 12.2. The molecule has 120 valence electrons. The molecule has 0 aliphatic carbocycles. The highest BCUT2D eigenvalue weighted by Crippen LogP contribution is 2.31. The van der Waals surface area contributed by atoms with Crippen LogP contribution in [-0.2, 0) is 17.8 Å². The second kappa shape index (κ2) is 6.95. The largest absolute Gasteiger partial charge is 0.352 e. The molecule has 1 unspecified atom stereocenters. The molecule has 3 heterocycles. The SMILES string of the molecule is CCc1cc(=O)n2c(n1)SCC2CC(=O)NCc1cccnc1. The van der Waals surface area contributed by atoms with Gasteiger partial charge in [-0.1, -0.05) is 24.8 Å². The van der Waals surface area contributed by atoms with Crippen LogP contribution in [0.3, 0.4) is 0 Å². The van der Waals surface area contributed by atoms with Crippen molar-refractivity contribution in [2.24, 2.45) is 0 Å². The molecule has 1 atom stereocenters. The number of carbonyl (C=O) groups is 1. The Hall–Kier alpha value is -2.15. The van der Waals surface area contributed by atoms with E-state index >= 15 is 0 Å². The van der Waals surface area contributed by atoms with E-state index in [9.17, 15) is 9.59 Å². The lowest BCUT2D eigenvalue weighted by molar-refractivity contribution is -0.121. The van der Waals surface area contributed by atoms with Crippen LogP contribution < -0.4 is 10.9 Å². The van der Waals surface area contributed by atoms with Crippen molar-refractivity contribution in [3.05, 3.63) is 52.2 Å². The van der Waals surface area contributed by atoms with Crippen LogP contribution >= 0.6 is 11.8 Å². The number of aromatic nitrogens is 3. The number of aryl methyl sites for hydroxylation is 1. The van der Waals surface area contributed by atoms with Crippen molar-refractivity contribution in [1.82, 2.24) is 19.9 Å². The Kier molecular flexibility index (Phi) is 4.76. The molecule has 2 aromatic heterocycles. The molecule has 7 heteroatoms. The first kappa shape index (κ1) is 15.7. The molecule has 3 rings (SSSR count). The van der Waals surface area contributed by atoms with Gasteiger partial charge in [-0.2, -0.15) is 0 Å². The number of carbonyl (C=O) groups excluding carboxylic acids is 1. The Balaban J connectivity index is 1.64. The quantitative estimate of drug-likeness (QED) is 0.842. The number of nitrogens with one attached hydrogen (secondary N) is 1. The lowest BCUT2D eigenvalue weighted by Crippen LogP contribution is -2.30. The molecule has 1 amide bonds. The summed E-state index contributed by atoms with van der Waals surface area (Å²) in [7, 11) is 0. The molecular weight excluding hydrogens is 312 g/mol. The van der Waals surface area contributed by atoms with Crippen molar-refractivity contribution in [3.8, 4) is 0 Å². The molecule has 6 nitrogen and oxygen atoms in total. The van der Waals surface area contributed by atoms with Crippen LogP contribution in [0.15, 0.2) is 40.5 Å². The van der Waals surface area contributed by atoms with E-state index in [1.165, 1.54) is 11.8 Å². The minimum atomic E-state index is -0.130. The van der Waals surface area contributed by atoms with E-state index in [0.29, 0.717) is 12.3 Å². The molecule has 0 bridgehead atoms. The minimum absolute atomic E-state index is 0.0677. The smallest absolute Gasteiger partial charge is 0.254 e. The van der Waals surface area contributed by atoms with E-state index in [2.05, 4.69) is 15.3 Å². The highest BCUT2D eigenvalue weighted by atomic mass is 32.2. The van der Waals surface area contributed by atoms with Gasteiger partial charge in [-0.15, -0.1) is 0 Å². The van der Waals surface area contributed by atoms with Crippen molar-refractivity contribution in [1.29, 1.82) is 0 Å². The molecule has 1 aliphatic rings. The molecule has 0 saturated carbocycles. The normalized spacial score (nSPS) is 16.1. The van der Waals surface area contributed by atoms with E-state index < -0.39 is 0 Å². The molecule has 0 fully saturated rings. The first-order valence-electron chi connectivity index (χ1n) is 7.58. The summed E-state index contributed by atoms with van der Waals surface area (Å²) < 4.78 is 1.65. The lowest BCUT2D eigenvalue weighted by Gasteiger charge is -2.13. The maximum absolute atomic E-state index is 12.2. The van der Waals surface area contributed by atoms with Gasteiger partial charge in [0.1, 0.15) is 0 Å². The fourth-order valence-corrected chi connectivity index (χ4v) is 3.69. The number of hydrogen-bond acceptors (Lipinski definition) is 5. The number of hydrogen-bond donors (Lipinski definition) is 1. The van der Waals surface area contributed by atoms with E-state index in [1.54, 1.807) is 23.0 Å². The molecule has 0 spiro atoms. The number of thioether (sulfide) groups is 1. The Bertz CT molecular complexity index is 760. The second-order valence-corrected chi connectivity index (χ2v) is 6.39. The van der Waals surface area contributed by atoms with Gasteiger partial charge >= 0.3 is 0 Å². The Morgan fingerprint density at radius 3 is 3.13 bits per heavy atom.